The molecule has 30 heavy (non-hydrogen) atoms. The number of anilines is 1. The molecule has 0 aliphatic carbocycles. The lowest BCUT2D eigenvalue weighted by molar-refractivity contribution is -0.118. The predicted molar refractivity (Wildman–Crippen MR) is 109 cm³/mol. The Morgan fingerprint density at radius 2 is 2.00 bits per heavy atom. The first kappa shape index (κ1) is 19.8. The highest BCUT2D eigenvalue weighted by molar-refractivity contribution is 7.89. The minimum Gasteiger partial charge on any atom is -0.482 e. The topological polar surface area (TPSA) is 106 Å². The molecule has 9 nitrogen and oxygen atoms in total. The first-order valence-electron chi connectivity index (χ1n) is 10.1. The molecular formula is C19H22ClN5O4S. The van der Waals surface area contributed by atoms with Gasteiger partial charge in [-0.15, -0.1) is 10.2 Å². The number of benzene rings is 1. The van der Waals surface area contributed by atoms with Gasteiger partial charge in [0.15, 0.2) is 12.4 Å². The van der Waals surface area contributed by atoms with Crippen molar-refractivity contribution in [2.24, 2.45) is 0 Å². The van der Waals surface area contributed by atoms with E-state index in [1.807, 2.05) is 0 Å². The molecule has 2 aromatic rings. The molecule has 1 aromatic heterocycles. The molecule has 160 valence electrons. The maximum absolute atomic E-state index is 13.6. The molecule has 0 spiro atoms. The van der Waals surface area contributed by atoms with Crippen LogP contribution in [0.1, 0.15) is 49.8 Å². The van der Waals surface area contributed by atoms with E-state index in [-0.39, 0.29) is 28.5 Å². The molecule has 5 rings (SSSR count). The summed E-state index contributed by atoms with van der Waals surface area (Å²) in [6.45, 7) is 1.04. The molecule has 1 aromatic carbocycles. The summed E-state index contributed by atoms with van der Waals surface area (Å²) < 4.78 is 36.1. The highest BCUT2D eigenvalue weighted by Gasteiger charge is 2.40. The second-order valence-corrected chi connectivity index (χ2v) is 10.1. The van der Waals surface area contributed by atoms with Crippen molar-refractivity contribution in [2.45, 2.75) is 56.0 Å². The van der Waals surface area contributed by atoms with Crippen molar-refractivity contribution < 1.29 is 17.9 Å². The van der Waals surface area contributed by atoms with Crippen molar-refractivity contribution in [1.29, 1.82) is 0 Å². The summed E-state index contributed by atoms with van der Waals surface area (Å²) >= 11 is 6.34. The molecule has 1 atom stereocenters. The van der Waals surface area contributed by atoms with Gasteiger partial charge in [0, 0.05) is 25.6 Å². The van der Waals surface area contributed by atoms with Crippen LogP contribution in [0.3, 0.4) is 0 Å². The molecule has 0 radical (unpaired) electrons. The van der Waals surface area contributed by atoms with E-state index in [0.29, 0.717) is 30.2 Å². The van der Waals surface area contributed by atoms with Crippen molar-refractivity contribution in [3.05, 3.63) is 28.8 Å². The number of nitrogens with one attached hydrogen (secondary N) is 1. The monoisotopic (exact) mass is 451 g/mol. The smallest absolute Gasteiger partial charge is 0.262 e. The summed E-state index contributed by atoms with van der Waals surface area (Å²) in [4.78, 5) is 11.5. The van der Waals surface area contributed by atoms with Gasteiger partial charge in [0.2, 0.25) is 10.0 Å². The van der Waals surface area contributed by atoms with E-state index in [9.17, 15) is 13.2 Å². The van der Waals surface area contributed by atoms with Gasteiger partial charge in [-0.25, -0.2) is 8.42 Å². The molecule has 1 amide bonds. The van der Waals surface area contributed by atoms with Crippen molar-refractivity contribution >= 4 is 33.2 Å². The zero-order valence-electron chi connectivity index (χ0n) is 16.3. The standard InChI is InChI=1S/C19H22ClN5O4S/c20-12-9-13-15(29-11-18(26)21-13)10-16(12)30(27,28)25-8-4-5-14(25)19-23-22-17-6-2-1-3-7-24(17)19/h9-10,14H,1-8,11H2,(H,21,26). The number of fused-ring (bicyclic) bond motifs is 2. The van der Waals surface area contributed by atoms with Crippen molar-refractivity contribution in [1.82, 2.24) is 19.1 Å². The van der Waals surface area contributed by atoms with Crippen LogP contribution < -0.4 is 10.1 Å². The number of rotatable bonds is 3. The van der Waals surface area contributed by atoms with Crippen LogP contribution in [-0.4, -0.2) is 46.5 Å². The maximum atomic E-state index is 13.6. The van der Waals surface area contributed by atoms with Gasteiger partial charge in [-0.1, -0.05) is 18.0 Å². The van der Waals surface area contributed by atoms with Gasteiger partial charge >= 0.3 is 0 Å². The van der Waals surface area contributed by atoms with Gasteiger partial charge in [-0.3, -0.25) is 4.79 Å². The zero-order chi connectivity index (χ0) is 20.9. The van der Waals surface area contributed by atoms with Gasteiger partial charge in [-0.05, 0) is 31.7 Å². The van der Waals surface area contributed by atoms with Gasteiger partial charge in [0.25, 0.3) is 5.91 Å². The third-order valence-electron chi connectivity index (χ3n) is 5.89. The molecule has 1 N–H and O–H groups in total. The third-order valence-corrected chi connectivity index (χ3v) is 8.27. The van der Waals surface area contributed by atoms with E-state index >= 15 is 0 Å². The van der Waals surface area contributed by atoms with E-state index < -0.39 is 10.0 Å². The molecule has 0 saturated carbocycles. The summed E-state index contributed by atoms with van der Waals surface area (Å²) in [7, 11) is -3.90. The Kier molecular flexibility index (Phi) is 4.95. The quantitative estimate of drug-likeness (QED) is 0.768. The lowest BCUT2D eigenvalue weighted by Crippen LogP contribution is -2.33. The summed E-state index contributed by atoms with van der Waals surface area (Å²) in [5.74, 6) is 1.64. The van der Waals surface area contributed by atoms with Crippen LogP contribution in [0, 0.1) is 0 Å². The Balaban J connectivity index is 1.52. The number of aromatic nitrogens is 3. The average Bonchev–Trinajstić information content (AvgIpc) is 3.28. The molecule has 0 bridgehead atoms. The molecule has 1 fully saturated rings. The van der Waals surface area contributed by atoms with Crippen molar-refractivity contribution in [3.8, 4) is 5.75 Å². The first-order valence-corrected chi connectivity index (χ1v) is 12.0. The van der Waals surface area contributed by atoms with E-state index in [0.717, 1.165) is 44.5 Å². The lowest BCUT2D eigenvalue weighted by Gasteiger charge is -2.26. The van der Waals surface area contributed by atoms with Gasteiger partial charge < -0.3 is 14.6 Å². The number of hydrogen-bond donors (Lipinski definition) is 1. The number of nitrogens with zero attached hydrogens (tertiary/aromatic N) is 4. The fourth-order valence-electron chi connectivity index (χ4n) is 4.45. The van der Waals surface area contributed by atoms with Crippen molar-refractivity contribution in [3.63, 3.8) is 0 Å². The number of aryl methyl sites for hydroxylation is 1. The van der Waals surface area contributed by atoms with E-state index in [1.165, 1.54) is 16.4 Å². The Morgan fingerprint density at radius 1 is 1.13 bits per heavy atom. The molecule has 1 unspecified atom stereocenters. The Labute approximate surface area is 179 Å². The molecule has 4 heterocycles. The van der Waals surface area contributed by atoms with Crippen LogP contribution in [-0.2, 0) is 27.8 Å². The van der Waals surface area contributed by atoms with Crippen LogP contribution in [0.25, 0.3) is 0 Å². The van der Waals surface area contributed by atoms with Crippen LogP contribution in [0.2, 0.25) is 5.02 Å². The highest BCUT2D eigenvalue weighted by atomic mass is 35.5. The Hall–Kier alpha value is -2.17. The van der Waals surface area contributed by atoms with Crippen LogP contribution >= 0.6 is 11.6 Å². The average molecular weight is 452 g/mol. The third kappa shape index (κ3) is 3.27. The minimum absolute atomic E-state index is 0.0263. The zero-order valence-corrected chi connectivity index (χ0v) is 17.9. The number of amides is 1. The Bertz CT molecular complexity index is 1120. The number of carbonyl (C=O) groups is 1. The summed E-state index contributed by atoms with van der Waals surface area (Å²) in [5.41, 5.74) is 0.371. The molecule has 11 heteroatoms. The summed E-state index contributed by atoms with van der Waals surface area (Å²) in [6, 6.07) is 2.45. The maximum Gasteiger partial charge on any atom is 0.262 e. The van der Waals surface area contributed by atoms with Crippen molar-refractivity contribution in [2.75, 3.05) is 18.5 Å². The second-order valence-electron chi connectivity index (χ2n) is 7.83. The second kappa shape index (κ2) is 7.51. The number of hydrogen-bond acceptors (Lipinski definition) is 6. The fraction of sp³-hybridized carbons (Fsp3) is 0.526. The van der Waals surface area contributed by atoms with Gasteiger partial charge in [-0.2, -0.15) is 4.31 Å². The number of sulfonamides is 1. The number of carbonyl (C=O) groups excluding carboxylic acids is 1. The molecular weight excluding hydrogens is 430 g/mol. The SMILES string of the molecule is O=C1COc2cc(S(=O)(=O)N3CCCC3c3nnc4n3CCCCC4)c(Cl)cc2N1. The summed E-state index contributed by atoms with van der Waals surface area (Å²) in [5, 5.41) is 11.4. The normalized spacial score (nSPS) is 22.0. The number of halogens is 1. The van der Waals surface area contributed by atoms with E-state index in [4.69, 9.17) is 16.3 Å². The summed E-state index contributed by atoms with van der Waals surface area (Å²) in [6.07, 6.45) is 5.54. The van der Waals surface area contributed by atoms with Gasteiger partial charge in [0.05, 0.1) is 16.8 Å². The molecule has 3 aliphatic heterocycles. The predicted octanol–water partition coefficient (Wildman–Crippen LogP) is 2.51. The van der Waals surface area contributed by atoms with E-state index in [2.05, 4.69) is 20.1 Å². The molecule has 1 saturated heterocycles. The van der Waals surface area contributed by atoms with Crippen LogP contribution in [0.15, 0.2) is 17.0 Å². The first-order chi connectivity index (χ1) is 14.4. The number of ether oxygens (including phenoxy) is 1. The lowest BCUT2D eigenvalue weighted by atomic mass is 10.2. The Morgan fingerprint density at radius 3 is 2.87 bits per heavy atom. The fourth-order valence-corrected chi connectivity index (χ4v) is 6.62. The largest absolute Gasteiger partial charge is 0.482 e. The van der Waals surface area contributed by atoms with Crippen LogP contribution in [0.5, 0.6) is 5.75 Å². The van der Waals surface area contributed by atoms with Gasteiger partial charge in [0.1, 0.15) is 16.5 Å². The highest BCUT2D eigenvalue weighted by Crippen LogP contribution is 2.41. The minimum atomic E-state index is -3.90. The van der Waals surface area contributed by atoms with Crippen LogP contribution in [0.4, 0.5) is 5.69 Å². The van der Waals surface area contributed by atoms with E-state index in [1.54, 1.807) is 0 Å². The molecule has 3 aliphatic rings.